The first-order chi connectivity index (χ1) is 7.15. The van der Waals surface area contributed by atoms with Crippen molar-refractivity contribution in [2.75, 3.05) is 0 Å². The molecule has 2 nitrogen and oxygen atoms in total. The molecule has 0 radical (unpaired) electrons. The number of hydrogen-bond acceptors (Lipinski definition) is 3. The van der Waals surface area contributed by atoms with Gasteiger partial charge in [0.25, 0.3) is 0 Å². The number of rotatable bonds is 1. The van der Waals surface area contributed by atoms with Gasteiger partial charge in [0.1, 0.15) is 5.70 Å². The molecule has 0 saturated carbocycles. The average molecular weight is 238 g/mol. The lowest BCUT2D eigenvalue weighted by Gasteiger charge is -1.94. The Morgan fingerprint density at radius 1 is 1.33 bits per heavy atom. The van der Waals surface area contributed by atoms with E-state index in [-0.39, 0.29) is 5.12 Å². The molecule has 1 aliphatic rings. The summed E-state index contributed by atoms with van der Waals surface area (Å²) in [7, 11) is 0. The Morgan fingerprint density at radius 2 is 2.00 bits per heavy atom. The van der Waals surface area contributed by atoms with E-state index in [0.717, 1.165) is 10.6 Å². The lowest BCUT2D eigenvalue weighted by molar-refractivity contribution is -0.107. The Hall–Kier alpha value is -1.06. The highest BCUT2D eigenvalue weighted by atomic mass is 35.5. The molecule has 0 fully saturated rings. The van der Waals surface area contributed by atoms with Crippen LogP contribution < -0.4 is 0 Å². The summed E-state index contributed by atoms with van der Waals surface area (Å²) in [6, 6.07) is 7.29. The summed E-state index contributed by atoms with van der Waals surface area (Å²) in [5.74, 6) is 0. The van der Waals surface area contributed by atoms with Crippen LogP contribution in [0.5, 0.6) is 0 Å². The quantitative estimate of drug-likeness (QED) is 0.701. The van der Waals surface area contributed by atoms with E-state index in [9.17, 15) is 4.79 Å². The first-order valence-corrected chi connectivity index (χ1v) is 5.59. The molecule has 0 amide bonds. The number of thioether (sulfide) groups is 1. The third kappa shape index (κ3) is 2.49. The van der Waals surface area contributed by atoms with Gasteiger partial charge in [-0.3, -0.25) is 4.79 Å². The highest BCUT2D eigenvalue weighted by molar-refractivity contribution is 8.27. The van der Waals surface area contributed by atoms with Crippen molar-refractivity contribution in [1.82, 2.24) is 0 Å². The molecule has 1 aromatic rings. The molecule has 0 atom stereocenters. The average Bonchev–Trinajstić information content (AvgIpc) is 2.49. The van der Waals surface area contributed by atoms with Crippen LogP contribution in [0.2, 0.25) is 5.02 Å². The van der Waals surface area contributed by atoms with E-state index in [1.807, 2.05) is 19.1 Å². The fraction of sp³-hybridized carbons (Fsp3) is 0.0909. The van der Waals surface area contributed by atoms with Gasteiger partial charge in [0, 0.05) is 5.02 Å². The molecule has 1 aromatic carbocycles. The van der Waals surface area contributed by atoms with Gasteiger partial charge >= 0.3 is 0 Å². The second-order valence-electron chi connectivity index (χ2n) is 3.10. The van der Waals surface area contributed by atoms with Crippen molar-refractivity contribution in [3.63, 3.8) is 0 Å². The summed E-state index contributed by atoms with van der Waals surface area (Å²) in [6.07, 6.45) is 1.77. The van der Waals surface area contributed by atoms with Gasteiger partial charge < -0.3 is 0 Å². The topological polar surface area (TPSA) is 29.4 Å². The SMILES string of the molecule is CC1=NC(=Cc2ccc(Cl)cc2)C(=O)S1. The van der Waals surface area contributed by atoms with Crippen LogP contribution in [0.3, 0.4) is 0 Å². The molecule has 0 saturated heterocycles. The molecular weight excluding hydrogens is 230 g/mol. The summed E-state index contributed by atoms with van der Waals surface area (Å²) >= 11 is 6.93. The maximum absolute atomic E-state index is 11.4. The second-order valence-corrected chi connectivity index (χ2v) is 4.70. The summed E-state index contributed by atoms with van der Waals surface area (Å²) in [4.78, 5) is 15.6. The number of nitrogens with zero attached hydrogens (tertiary/aromatic N) is 1. The van der Waals surface area contributed by atoms with E-state index < -0.39 is 0 Å². The first kappa shape index (κ1) is 10.5. The van der Waals surface area contributed by atoms with Crippen molar-refractivity contribution in [2.24, 2.45) is 4.99 Å². The molecule has 0 unspecified atom stereocenters. The molecule has 4 heteroatoms. The van der Waals surface area contributed by atoms with Crippen molar-refractivity contribution in [2.45, 2.75) is 6.92 Å². The first-order valence-electron chi connectivity index (χ1n) is 4.40. The van der Waals surface area contributed by atoms with Gasteiger partial charge in [-0.25, -0.2) is 4.99 Å². The summed E-state index contributed by atoms with van der Waals surface area (Å²) < 4.78 is 0. The van der Waals surface area contributed by atoms with E-state index >= 15 is 0 Å². The van der Waals surface area contributed by atoms with Gasteiger partial charge in [0.15, 0.2) is 0 Å². The zero-order valence-electron chi connectivity index (χ0n) is 8.03. The summed E-state index contributed by atoms with van der Waals surface area (Å²) in [6.45, 7) is 1.82. The van der Waals surface area contributed by atoms with Crippen LogP contribution >= 0.6 is 23.4 Å². The summed E-state index contributed by atoms with van der Waals surface area (Å²) in [5.41, 5.74) is 1.43. The van der Waals surface area contributed by atoms with Crippen LogP contribution in [-0.4, -0.2) is 10.2 Å². The molecular formula is C11H8ClNOS. The van der Waals surface area contributed by atoms with Crippen LogP contribution in [0.25, 0.3) is 6.08 Å². The Kier molecular flexibility index (Phi) is 2.93. The molecule has 0 N–H and O–H groups in total. The molecule has 76 valence electrons. The third-order valence-electron chi connectivity index (χ3n) is 1.90. The zero-order valence-corrected chi connectivity index (χ0v) is 9.60. The number of aliphatic imine (C=N–C) groups is 1. The lowest BCUT2D eigenvalue weighted by Crippen LogP contribution is -1.87. The van der Waals surface area contributed by atoms with Crippen molar-refractivity contribution in [3.8, 4) is 0 Å². The van der Waals surface area contributed by atoms with Gasteiger partial charge in [-0.15, -0.1) is 0 Å². The Balaban J connectivity index is 2.31. The zero-order chi connectivity index (χ0) is 10.8. The van der Waals surface area contributed by atoms with Crippen molar-refractivity contribution < 1.29 is 4.79 Å². The fourth-order valence-electron chi connectivity index (χ4n) is 1.23. The fourth-order valence-corrected chi connectivity index (χ4v) is 1.98. The number of halogens is 1. The highest BCUT2D eigenvalue weighted by Gasteiger charge is 2.18. The van der Waals surface area contributed by atoms with Crippen molar-refractivity contribution in [1.29, 1.82) is 0 Å². The van der Waals surface area contributed by atoms with Gasteiger partial charge in [0.2, 0.25) is 5.12 Å². The van der Waals surface area contributed by atoms with Crippen molar-refractivity contribution >= 4 is 39.6 Å². The van der Waals surface area contributed by atoms with E-state index in [1.54, 1.807) is 18.2 Å². The molecule has 0 spiro atoms. The van der Waals surface area contributed by atoms with E-state index in [2.05, 4.69) is 4.99 Å². The van der Waals surface area contributed by atoms with Gasteiger partial charge in [-0.05, 0) is 42.5 Å². The summed E-state index contributed by atoms with van der Waals surface area (Å²) in [5, 5.41) is 1.48. The monoisotopic (exact) mass is 237 g/mol. The van der Waals surface area contributed by atoms with Crippen LogP contribution in [-0.2, 0) is 4.79 Å². The Bertz CT molecular complexity index is 462. The number of carbonyl (C=O) groups excluding carboxylic acids is 1. The lowest BCUT2D eigenvalue weighted by atomic mass is 10.2. The predicted molar refractivity (Wildman–Crippen MR) is 65.1 cm³/mol. The van der Waals surface area contributed by atoms with Gasteiger partial charge in [-0.1, -0.05) is 23.7 Å². The maximum atomic E-state index is 11.4. The minimum absolute atomic E-state index is 0.00227. The van der Waals surface area contributed by atoms with Crippen molar-refractivity contribution in [3.05, 3.63) is 40.5 Å². The second kappa shape index (κ2) is 4.21. The molecule has 1 heterocycles. The van der Waals surface area contributed by atoms with Crippen LogP contribution in [0.1, 0.15) is 12.5 Å². The maximum Gasteiger partial charge on any atom is 0.243 e. The van der Waals surface area contributed by atoms with Gasteiger partial charge in [0.05, 0.1) is 5.04 Å². The number of hydrogen-bond donors (Lipinski definition) is 0. The van der Waals surface area contributed by atoms with E-state index in [4.69, 9.17) is 11.6 Å². The molecule has 2 rings (SSSR count). The Labute approximate surface area is 97.0 Å². The predicted octanol–water partition coefficient (Wildman–Crippen LogP) is 3.37. The van der Waals surface area contributed by atoms with Gasteiger partial charge in [-0.2, -0.15) is 0 Å². The smallest absolute Gasteiger partial charge is 0.243 e. The minimum Gasteiger partial charge on any atom is -0.279 e. The highest BCUT2D eigenvalue weighted by Crippen LogP contribution is 2.25. The molecule has 1 aliphatic heterocycles. The minimum atomic E-state index is 0.00227. The van der Waals surface area contributed by atoms with Crippen LogP contribution in [0, 0.1) is 0 Å². The normalized spacial score (nSPS) is 18.4. The van der Waals surface area contributed by atoms with E-state index in [0.29, 0.717) is 10.7 Å². The number of carbonyl (C=O) groups is 1. The third-order valence-corrected chi connectivity index (χ3v) is 2.93. The molecule has 0 bridgehead atoms. The standard InChI is InChI=1S/C11H8ClNOS/c1-7-13-10(11(14)15-7)6-8-2-4-9(12)5-3-8/h2-6H,1H3. The largest absolute Gasteiger partial charge is 0.279 e. The number of benzene rings is 1. The molecule has 0 aromatic heterocycles. The molecule has 0 aliphatic carbocycles. The molecule has 15 heavy (non-hydrogen) atoms. The Morgan fingerprint density at radius 3 is 2.53 bits per heavy atom. The van der Waals surface area contributed by atoms with E-state index in [1.165, 1.54) is 11.8 Å². The van der Waals surface area contributed by atoms with Crippen LogP contribution in [0.4, 0.5) is 0 Å². The van der Waals surface area contributed by atoms with Crippen LogP contribution in [0.15, 0.2) is 35.0 Å².